The van der Waals surface area contributed by atoms with Crippen LogP contribution in [-0.4, -0.2) is 15.8 Å². The SMILES string of the molecule is C#CCn1c(SC)nc2ccccc21. The lowest BCUT2D eigenvalue weighted by Gasteiger charge is -2.01. The summed E-state index contributed by atoms with van der Waals surface area (Å²) in [7, 11) is 0. The smallest absolute Gasteiger partial charge is 0.169 e. The monoisotopic (exact) mass is 202 g/mol. The summed E-state index contributed by atoms with van der Waals surface area (Å²) in [6, 6.07) is 8.03. The van der Waals surface area contributed by atoms with E-state index in [9.17, 15) is 0 Å². The van der Waals surface area contributed by atoms with Gasteiger partial charge in [-0.15, -0.1) is 6.42 Å². The maximum absolute atomic E-state index is 5.33. The van der Waals surface area contributed by atoms with Gasteiger partial charge in [-0.1, -0.05) is 29.8 Å². The number of rotatable bonds is 2. The maximum atomic E-state index is 5.33. The van der Waals surface area contributed by atoms with Gasteiger partial charge < -0.3 is 4.57 Å². The third kappa shape index (κ3) is 1.38. The zero-order valence-electron chi connectivity index (χ0n) is 7.90. The summed E-state index contributed by atoms with van der Waals surface area (Å²) in [5.74, 6) is 2.65. The van der Waals surface area contributed by atoms with Gasteiger partial charge in [-0.2, -0.15) is 0 Å². The van der Waals surface area contributed by atoms with Crippen molar-refractivity contribution >= 4 is 22.8 Å². The molecule has 0 aliphatic carbocycles. The van der Waals surface area contributed by atoms with Crippen LogP contribution >= 0.6 is 11.8 Å². The number of para-hydroxylation sites is 2. The number of terminal acetylenes is 1. The van der Waals surface area contributed by atoms with E-state index >= 15 is 0 Å². The molecular formula is C11H10N2S. The van der Waals surface area contributed by atoms with E-state index in [-0.39, 0.29) is 0 Å². The molecule has 14 heavy (non-hydrogen) atoms. The highest BCUT2D eigenvalue weighted by molar-refractivity contribution is 7.98. The summed E-state index contributed by atoms with van der Waals surface area (Å²) in [4.78, 5) is 4.48. The van der Waals surface area contributed by atoms with Gasteiger partial charge in [-0.3, -0.25) is 0 Å². The van der Waals surface area contributed by atoms with Crippen molar-refractivity contribution in [3.05, 3.63) is 24.3 Å². The lowest BCUT2D eigenvalue weighted by Crippen LogP contribution is -1.96. The molecule has 0 aliphatic rings. The van der Waals surface area contributed by atoms with Crippen molar-refractivity contribution in [1.29, 1.82) is 0 Å². The largest absolute Gasteiger partial charge is 0.307 e. The van der Waals surface area contributed by atoms with Gasteiger partial charge in [0.05, 0.1) is 17.6 Å². The Balaban J connectivity index is 2.69. The Bertz CT molecular complexity index is 493. The van der Waals surface area contributed by atoms with E-state index in [2.05, 4.69) is 15.5 Å². The van der Waals surface area contributed by atoms with Crippen LogP contribution in [0.5, 0.6) is 0 Å². The Labute approximate surface area is 87.3 Å². The van der Waals surface area contributed by atoms with E-state index in [0.717, 1.165) is 16.2 Å². The lowest BCUT2D eigenvalue weighted by atomic mass is 10.3. The Morgan fingerprint density at radius 3 is 3.00 bits per heavy atom. The van der Waals surface area contributed by atoms with Crippen LogP contribution in [0.15, 0.2) is 29.4 Å². The average Bonchev–Trinajstić information content (AvgIpc) is 2.58. The third-order valence-electron chi connectivity index (χ3n) is 2.05. The molecule has 70 valence electrons. The second-order valence-electron chi connectivity index (χ2n) is 2.88. The number of imidazole rings is 1. The fourth-order valence-corrected chi connectivity index (χ4v) is 2.03. The van der Waals surface area contributed by atoms with E-state index in [1.807, 2.05) is 30.5 Å². The van der Waals surface area contributed by atoms with Gasteiger partial charge in [0.25, 0.3) is 0 Å². The van der Waals surface area contributed by atoms with Crippen molar-refractivity contribution in [2.24, 2.45) is 0 Å². The van der Waals surface area contributed by atoms with Crippen molar-refractivity contribution < 1.29 is 0 Å². The number of hydrogen-bond acceptors (Lipinski definition) is 2. The van der Waals surface area contributed by atoms with E-state index in [4.69, 9.17) is 6.42 Å². The summed E-state index contributed by atoms with van der Waals surface area (Å²) < 4.78 is 2.06. The van der Waals surface area contributed by atoms with Gasteiger partial charge in [-0.25, -0.2) is 4.98 Å². The van der Waals surface area contributed by atoms with Crippen LogP contribution in [0.1, 0.15) is 0 Å². The molecular weight excluding hydrogens is 192 g/mol. The molecule has 0 radical (unpaired) electrons. The molecule has 2 rings (SSSR count). The molecule has 0 bridgehead atoms. The second kappa shape index (κ2) is 3.77. The van der Waals surface area contributed by atoms with Crippen LogP contribution in [0, 0.1) is 12.3 Å². The molecule has 1 heterocycles. The minimum Gasteiger partial charge on any atom is -0.307 e. The predicted octanol–water partition coefficient (Wildman–Crippen LogP) is 2.39. The number of benzene rings is 1. The van der Waals surface area contributed by atoms with Crippen LogP contribution in [0.3, 0.4) is 0 Å². The fourth-order valence-electron chi connectivity index (χ4n) is 1.45. The molecule has 2 aromatic rings. The molecule has 1 aromatic carbocycles. The summed E-state index contributed by atoms with van der Waals surface area (Å²) in [5, 5.41) is 0.976. The molecule has 0 amide bonds. The van der Waals surface area contributed by atoms with Gasteiger partial charge in [0.15, 0.2) is 5.16 Å². The molecule has 0 spiro atoms. The minimum absolute atomic E-state index is 0.580. The zero-order valence-corrected chi connectivity index (χ0v) is 8.71. The van der Waals surface area contributed by atoms with Gasteiger partial charge >= 0.3 is 0 Å². The average molecular weight is 202 g/mol. The van der Waals surface area contributed by atoms with Gasteiger partial charge in [-0.05, 0) is 18.4 Å². The normalized spacial score (nSPS) is 10.3. The number of hydrogen-bond donors (Lipinski definition) is 0. The molecule has 0 fully saturated rings. The first-order valence-corrected chi connectivity index (χ1v) is 5.52. The first kappa shape index (κ1) is 9.17. The van der Waals surface area contributed by atoms with Gasteiger partial charge in [0.2, 0.25) is 0 Å². The number of fused-ring (bicyclic) bond motifs is 1. The highest BCUT2D eigenvalue weighted by atomic mass is 32.2. The van der Waals surface area contributed by atoms with E-state index in [1.165, 1.54) is 0 Å². The van der Waals surface area contributed by atoms with E-state index in [1.54, 1.807) is 11.8 Å². The number of thioether (sulfide) groups is 1. The van der Waals surface area contributed by atoms with Crippen molar-refractivity contribution in [1.82, 2.24) is 9.55 Å². The highest BCUT2D eigenvalue weighted by Gasteiger charge is 2.07. The molecule has 1 aromatic heterocycles. The fraction of sp³-hybridized carbons (Fsp3) is 0.182. The van der Waals surface area contributed by atoms with Crippen molar-refractivity contribution in [2.45, 2.75) is 11.7 Å². The van der Waals surface area contributed by atoms with Crippen LogP contribution in [0.25, 0.3) is 11.0 Å². The maximum Gasteiger partial charge on any atom is 0.169 e. The molecule has 0 saturated heterocycles. The van der Waals surface area contributed by atoms with Gasteiger partial charge in [0.1, 0.15) is 0 Å². The Kier molecular flexibility index (Phi) is 2.47. The molecule has 0 aliphatic heterocycles. The molecule has 0 saturated carbocycles. The van der Waals surface area contributed by atoms with Crippen LogP contribution < -0.4 is 0 Å². The Hall–Kier alpha value is -1.40. The van der Waals surface area contributed by atoms with Crippen LogP contribution in [0.2, 0.25) is 0 Å². The van der Waals surface area contributed by atoms with Crippen molar-refractivity contribution in [2.75, 3.05) is 6.26 Å². The van der Waals surface area contributed by atoms with Crippen molar-refractivity contribution in [3.63, 3.8) is 0 Å². The minimum atomic E-state index is 0.580. The summed E-state index contributed by atoms with van der Waals surface area (Å²) >= 11 is 1.62. The first-order chi connectivity index (χ1) is 6.86. The number of aromatic nitrogens is 2. The summed E-state index contributed by atoms with van der Waals surface area (Å²) in [6.07, 6.45) is 7.33. The third-order valence-corrected chi connectivity index (χ3v) is 2.73. The molecule has 0 N–H and O–H groups in total. The van der Waals surface area contributed by atoms with Crippen LogP contribution in [-0.2, 0) is 6.54 Å². The highest BCUT2D eigenvalue weighted by Crippen LogP contribution is 2.21. The Morgan fingerprint density at radius 2 is 2.29 bits per heavy atom. The summed E-state index contributed by atoms with van der Waals surface area (Å²) in [5.41, 5.74) is 2.11. The number of nitrogens with zero attached hydrogens (tertiary/aromatic N) is 2. The first-order valence-electron chi connectivity index (χ1n) is 4.29. The predicted molar refractivity (Wildman–Crippen MR) is 60.3 cm³/mol. The molecule has 2 nitrogen and oxygen atoms in total. The molecule has 3 heteroatoms. The van der Waals surface area contributed by atoms with Gasteiger partial charge in [0, 0.05) is 0 Å². The van der Waals surface area contributed by atoms with Crippen molar-refractivity contribution in [3.8, 4) is 12.3 Å². The van der Waals surface area contributed by atoms with E-state index in [0.29, 0.717) is 6.54 Å². The molecule has 0 unspecified atom stereocenters. The zero-order chi connectivity index (χ0) is 9.97. The Morgan fingerprint density at radius 1 is 1.50 bits per heavy atom. The van der Waals surface area contributed by atoms with E-state index < -0.39 is 0 Å². The molecule has 0 atom stereocenters. The standard InChI is InChI=1S/C11H10N2S/c1-3-8-13-10-7-5-4-6-9(10)12-11(13)14-2/h1,4-7H,8H2,2H3. The lowest BCUT2D eigenvalue weighted by molar-refractivity contribution is 0.763. The second-order valence-corrected chi connectivity index (χ2v) is 3.65. The summed E-state index contributed by atoms with van der Waals surface area (Å²) in [6.45, 7) is 0.580. The topological polar surface area (TPSA) is 17.8 Å². The quantitative estimate of drug-likeness (QED) is 0.549. The van der Waals surface area contributed by atoms with Crippen LogP contribution in [0.4, 0.5) is 0 Å².